The van der Waals surface area contributed by atoms with E-state index < -0.39 is 13.9 Å². The summed E-state index contributed by atoms with van der Waals surface area (Å²) in [6.45, 7) is 15.9. The molecule has 2 saturated carbocycles. The van der Waals surface area contributed by atoms with Crippen LogP contribution < -0.4 is 0 Å². The maximum atomic E-state index is 12.7. The Morgan fingerprint density at radius 1 is 1.29 bits per heavy atom. The molecular formula is C20H34O3Si. The van der Waals surface area contributed by atoms with Gasteiger partial charge in [0.15, 0.2) is 8.32 Å². The highest BCUT2D eigenvalue weighted by Gasteiger charge is 2.70. The third kappa shape index (κ3) is 2.33. The average molecular weight is 351 g/mol. The molecule has 4 heteroatoms. The fourth-order valence-electron chi connectivity index (χ4n) is 4.99. The van der Waals surface area contributed by atoms with Crippen LogP contribution in [0.5, 0.6) is 0 Å². The third-order valence-corrected chi connectivity index (χ3v) is 12.3. The molecule has 0 aromatic heterocycles. The maximum Gasteiger partial charge on any atom is 0.192 e. The normalized spacial score (nSPS) is 38.2. The number of hydrogen-bond donors (Lipinski definition) is 1. The lowest BCUT2D eigenvalue weighted by Gasteiger charge is -2.51. The van der Waals surface area contributed by atoms with Crippen molar-refractivity contribution in [3.05, 3.63) is 11.6 Å². The number of hydrogen-bond acceptors (Lipinski definition) is 3. The second-order valence-electron chi connectivity index (χ2n) is 10.2. The zero-order valence-corrected chi connectivity index (χ0v) is 17.5. The molecule has 3 rings (SSSR count). The molecule has 0 aliphatic heterocycles. The molecule has 0 saturated heterocycles. The highest BCUT2D eigenvalue weighted by molar-refractivity contribution is 6.74. The first-order valence-electron chi connectivity index (χ1n) is 9.38. The van der Waals surface area contributed by atoms with Gasteiger partial charge in [-0.25, -0.2) is 0 Å². The number of ketones is 1. The van der Waals surface area contributed by atoms with Gasteiger partial charge >= 0.3 is 0 Å². The molecule has 0 bridgehead atoms. The van der Waals surface area contributed by atoms with Crippen LogP contribution in [0.3, 0.4) is 0 Å². The van der Waals surface area contributed by atoms with Crippen LogP contribution in [-0.2, 0) is 9.22 Å². The number of aliphatic hydroxyl groups is 1. The Morgan fingerprint density at radius 3 is 2.38 bits per heavy atom. The van der Waals surface area contributed by atoms with Gasteiger partial charge in [0, 0.05) is 23.9 Å². The highest BCUT2D eigenvalue weighted by Crippen LogP contribution is 2.69. The quantitative estimate of drug-likeness (QED) is 0.603. The van der Waals surface area contributed by atoms with Crippen molar-refractivity contribution in [2.75, 3.05) is 6.61 Å². The van der Waals surface area contributed by atoms with E-state index in [0.717, 1.165) is 19.3 Å². The lowest BCUT2D eigenvalue weighted by atomic mass is 9.57. The predicted molar refractivity (Wildman–Crippen MR) is 99.4 cm³/mol. The first kappa shape index (κ1) is 18.3. The van der Waals surface area contributed by atoms with E-state index in [9.17, 15) is 9.90 Å². The Bertz CT molecular complexity index is 592. The largest absolute Gasteiger partial charge is 0.416 e. The minimum Gasteiger partial charge on any atom is -0.416 e. The van der Waals surface area contributed by atoms with Crippen LogP contribution in [0.25, 0.3) is 0 Å². The van der Waals surface area contributed by atoms with Crippen molar-refractivity contribution in [1.82, 2.24) is 0 Å². The zero-order valence-electron chi connectivity index (χ0n) is 16.5. The molecule has 2 fully saturated rings. The van der Waals surface area contributed by atoms with E-state index >= 15 is 0 Å². The average Bonchev–Trinajstić information content (AvgIpc) is 3.16. The van der Waals surface area contributed by atoms with Gasteiger partial charge in [-0.15, -0.1) is 0 Å². The van der Waals surface area contributed by atoms with Crippen LogP contribution >= 0.6 is 0 Å². The van der Waals surface area contributed by atoms with Gasteiger partial charge in [0.1, 0.15) is 5.78 Å². The number of rotatable bonds is 3. The Kier molecular flexibility index (Phi) is 3.86. The molecule has 3 aliphatic rings. The van der Waals surface area contributed by atoms with Gasteiger partial charge in [-0.1, -0.05) is 32.4 Å². The van der Waals surface area contributed by atoms with Gasteiger partial charge in [-0.05, 0) is 51.2 Å². The monoisotopic (exact) mass is 350 g/mol. The van der Waals surface area contributed by atoms with Gasteiger partial charge in [0.25, 0.3) is 0 Å². The van der Waals surface area contributed by atoms with Crippen molar-refractivity contribution in [1.29, 1.82) is 0 Å². The number of carbonyl (C=O) groups excluding carboxylic acids is 1. The molecule has 0 radical (unpaired) electrons. The molecule has 3 atom stereocenters. The Morgan fingerprint density at radius 2 is 1.88 bits per heavy atom. The van der Waals surface area contributed by atoms with Crippen molar-refractivity contribution < 1.29 is 14.3 Å². The minimum absolute atomic E-state index is 0.148. The van der Waals surface area contributed by atoms with Crippen molar-refractivity contribution in [2.45, 2.75) is 84.0 Å². The number of fused-ring (bicyclic) bond motifs is 1. The predicted octanol–water partition coefficient (Wildman–Crippen LogP) is 4.46. The van der Waals surface area contributed by atoms with E-state index in [-0.39, 0.29) is 27.6 Å². The Balaban J connectivity index is 1.96. The summed E-state index contributed by atoms with van der Waals surface area (Å²) in [6, 6.07) is 0. The molecule has 1 spiro atoms. The van der Waals surface area contributed by atoms with Gasteiger partial charge < -0.3 is 9.53 Å². The second-order valence-corrected chi connectivity index (χ2v) is 15.0. The molecule has 136 valence electrons. The van der Waals surface area contributed by atoms with E-state index in [1.807, 2.05) is 6.92 Å². The van der Waals surface area contributed by atoms with Gasteiger partial charge in [-0.3, -0.25) is 4.79 Å². The van der Waals surface area contributed by atoms with Crippen LogP contribution in [0.15, 0.2) is 11.6 Å². The van der Waals surface area contributed by atoms with Crippen molar-refractivity contribution in [3.8, 4) is 0 Å². The zero-order chi connectivity index (χ0) is 18.2. The smallest absolute Gasteiger partial charge is 0.192 e. The van der Waals surface area contributed by atoms with Gasteiger partial charge in [0.05, 0.1) is 11.5 Å². The topological polar surface area (TPSA) is 46.5 Å². The Labute approximate surface area is 148 Å². The fourth-order valence-corrected chi connectivity index (χ4v) is 6.06. The van der Waals surface area contributed by atoms with Crippen LogP contribution in [0, 0.1) is 16.7 Å². The summed E-state index contributed by atoms with van der Waals surface area (Å²) >= 11 is 0. The van der Waals surface area contributed by atoms with E-state index in [2.05, 4.69) is 46.9 Å². The molecule has 0 aromatic carbocycles. The first-order chi connectivity index (χ1) is 10.8. The molecule has 1 N–H and O–H groups in total. The van der Waals surface area contributed by atoms with Gasteiger partial charge in [-0.2, -0.15) is 0 Å². The fraction of sp³-hybridized carbons (Fsp3) is 0.850. The van der Waals surface area contributed by atoms with Crippen molar-refractivity contribution in [3.63, 3.8) is 0 Å². The maximum absolute atomic E-state index is 12.7. The molecule has 0 aromatic rings. The minimum atomic E-state index is -1.89. The SMILES string of the molecule is CC1=C[C@]2(CO[Si](C)(C)C(C)(C)C)CCC(=O)[C@@H]2[C@](C)(O)C12CC2. The molecule has 0 heterocycles. The van der Waals surface area contributed by atoms with Crippen molar-refractivity contribution in [2.24, 2.45) is 16.7 Å². The van der Waals surface area contributed by atoms with Crippen LogP contribution in [-0.4, -0.2) is 31.4 Å². The molecule has 3 nitrogen and oxygen atoms in total. The molecule has 0 amide bonds. The van der Waals surface area contributed by atoms with Crippen molar-refractivity contribution >= 4 is 14.1 Å². The lowest BCUT2D eigenvalue weighted by molar-refractivity contribution is -0.143. The molecular weight excluding hydrogens is 316 g/mol. The van der Waals surface area contributed by atoms with Crippen LogP contribution in [0.1, 0.15) is 60.3 Å². The lowest BCUT2D eigenvalue weighted by Crippen LogP contribution is -2.57. The summed E-state index contributed by atoms with van der Waals surface area (Å²) in [4.78, 5) is 12.7. The number of Topliss-reactive ketones (excluding diaryl/α,β-unsaturated/α-hetero) is 1. The van der Waals surface area contributed by atoms with Gasteiger partial charge in [0.2, 0.25) is 0 Å². The second kappa shape index (κ2) is 5.05. The first-order valence-corrected chi connectivity index (χ1v) is 12.3. The van der Waals surface area contributed by atoms with Crippen LogP contribution in [0.2, 0.25) is 18.1 Å². The highest BCUT2D eigenvalue weighted by atomic mass is 28.4. The van der Waals surface area contributed by atoms with Crippen LogP contribution in [0.4, 0.5) is 0 Å². The van der Waals surface area contributed by atoms with E-state index in [0.29, 0.717) is 13.0 Å². The summed E-state index contributed by atoms with van der Waals surface area (Å²) in [5.74, 6) is -0.0742. The Hall–Kier alpha value is -0.453. The standard InChI is InChI=1S/C20H34O3Si/c1-14-12-19(13-23-24(6,7)17(2,3)4)9-8-15(21)16(19)18(5,22)20(14)10-11-20/h12,16,22H,8-11,13H2,1-7H3/t16-,18+,19+/m1/s1. The third-order valence-electron chi connectivity index (χ3n) is 7.78. The summed E-state index contributed by atoms with van der Waals surface area (Å²) in [5, 5.41) is 11.6. The summed E-state index contributed by atoms with van der Waals surface area (Å²) in [7, 11) is -1.89. The summed E-state index contributed by atoms with van der Waals surface area (Å²) in [5.41, 5.74) is -0.125. The van der Waals surface area contributed by atoms with E-state index in [1.165, 1.54) is 5.57 Å². The summed E-state index contributed by atoms with van der Waals surface area (Å²) < 4.78 is 6.55. The molecule has 0 unspecified atom stereocenters. The number of carbonyl (C=O) groups is 1. The molecule has 24 heavy (non-hydrogen) atoms. The summed E-state index contributed by atoms with van der Waals surface area (Å²) in [6.07, 6.45) is 5.72. The van der Waals surface area contributed by atoms with E-state index in [1.54, 1.807) is 0 Å². The van der Waals surface area contributed by atoms with E-state index in [4.69, 9.17) is 4.43 Å². The molecule has 3 aliphatic carbocycles.